The maximum Gasteiger partial charge on any atom is 0.253 e. The number of para-hydroxylation sites is 1. The molecule has 4 aromatic rings. The van der Waals surface area contributed by atoms with Crippen LogP contribution in [-0.4, -0.2) is 38.5 Å². The molecule has 2 bridgehead atoms. The van der Waals surface area contributed by atoms with Gasteiger partial charge in [0.2, 0.25) is 0 Å². The van der Waals surface area contributed by atoms with Crippen molar-refractivity contribution in [2.75, 3.05) is 0 Å². The minimum Gasteiger partial charge on any atom is -0.349 e. The molecule has 3 aromatic carbocycles. The molecule has 6 heteroatoms. The minimum absolute atomic E-state index is 0.0242. The number of imidazole rings is 1. The van der Waals surface area contributed by atoms with Crippen LogP contribution in [0.1, 0.15) is 41.6 Å². The second-order valence-electron chi connectivity index (χ2n) is 9.51. The second kappa shape index (κ2) is 8.69. The van der Waals surface area contributed by atoms with Crippen LogP contribution in [0.3, 0.4) is 0 Å². The van der Waals surface area contributed by atoms with Gasteiger partial charge in [-0.1, -0.05) is 30.3 Å². The fraction of sp³-hybridized carbons (Fsp3) is 0.286. The number of nitrogens with zero attached hydrogens (tertiary/aromatic N) is 3. The number of rotatable bonds is 5. The van der Waals surface area contributed by atoms with E-state index in [1.807, 2.05) is 47.2 Å². The van der Waals surface area contributed by atoms with Gasteiger partial charge in [0.15, 0.2) is 0 Å². The molecule has 3 heterocycles. The van der Waals surface area contributed by atoms with Gasteiger partial charge in [-0.15, -0.1) is 0 Å². The lowest BCUT2D eigenvalue weighted by Crippen LogP contribution is -2.50. The van der Waals surface area contributed by atoms with Crippen molar-refractivity contribution in [3.05, 3.63) is 96.3 Å². The first-order valence-corrected chi connectivity index (χ1v) is 12.0. The summed E-state index contributed by atoms with van der Waals surface area (Å²) in [5.41, 5.74) is 2.77. The number of carbonyl (C=O) groups excluding carboxylic acids is 1. The van der Waals surface area contributed by atoms with Crippen LogP contribution >= 0.6 is 0 Å². The Kier molecular flexibility index (Phi) is 5.38. The van der Waals surface area contributed by atoms with Crippen molar-refractivity contribution in [2.45, 2.75) is 50.4 Å². The molecule has 1 N–H and O–H groups in total. The van der Waals surface area contributed by atoms with E-state index in [1.54, 1.807) is 18.6 Å². The van der Waals surface area contributed by atoms with Crippen LogP contribution in [0.4, 0.5) is 4.39 Å². The van der Waals surface area contributed by atoms with Crippen LogP contribution in [-0.2, 0) is 6.54 Å². The molecule has 34 heavy (non-hydrogen) atoms. The smallest absolute Gasteiger partial charge is 0.253 e. The summed E-state index contributed by atoms with van der Waals surface area (Å²) in [7, 11) is 0. The third kappa shape index (κ3) is 3.99. The number of fused-ring (bicyclic) bond motifs is 3. The zero-order valence-electron chi connectivity index (χ0n) is 18.9. The highest BCUT2D eigenvalue weighted by molar-refractivity contribution is 5.98. The van der Waals surface area contributed by atoms with Crippen LogP contribution in [0.25, 0.3) is 16.5 Å². The average molecular weight is 455 g/mol. The fourth-order valence-electron chi connectivity index (χ4n) is 5.78. The Bertz CT molecular complexity index is 1320. The number of hydrogen-bond acceptors (Lipinski definition) is 3. The Balaban J connectivity index is 1.14. The molecule has 1 aromatic heterocycles. The van der Waals surface area contributed by atoms with Crippen molar-refractivity contribution in [1.29, 1.82) is 0 Å². The Hall–Kier alpha value is -3.51. The maximum atomic E-state index is 13.5. The maximum absolute atomic E-state index is 13.5. The van der Waals surface area contributed by atoms with E-state index in [4.69, 9.17) is 0 Å². The first-order valence-electron chi connectivity index (χ1n) is 12.0. The topological polar surface area (TPSA) is 50.2 Å². The van der Waals surface area contributed by atoms with Crippen molar-refractivity contribution in [2.24, 2.45) is 0 Å². The number of aromatic nitrogens is 2. The van der Waals surface area contributed by atoms with Gasteiger partial charge < -0.3 is 9.88 Å². The number of piperidine rings is 1. The minimum atomic E-state index is -0.199. The Labute approximate surface area is 198 Å². The number of nitrogens with one attached hydrogen (secondary N) is 1. The monoisotopic (exact) mass is 454 g/mol. The van der Waals surface area contributed by atoms with Crippen molar-refractivity contribution in [3.8, 4) is 5.69 Å². The lowest BCUT2D eigenvalue weighted by molar-refractivity contribution is 0.0828. The van der Waals surface area contributed by atoms with E-state index in [9.17, 15) is 9.18 Å². The van der Waals surface area contributed by atoms with Gasteiger partial charge in [-0.3, -0.25) is 9.69 Å². The molecule has 1 unspecified atom stereocenters. The van der Waals surface area contributed by atoms with E-state index in [1.165, 1.54) is 24.5 Å². The third-order valence-corrected chi connectivity index (χ3v) is 7.38. The van der Waals surface area contributed by atoms with E-state index in [0.717, 1.165) is 35.8 Å². The van der Waals surface area contributed by atoms with Gasteiger partial charge in [-0.25, -0.2) is 9.37 Å². The van der Waals surface area contributed by atoms with Gasteiger partial charge in [0.25, 0.3) is 5.91 Å². The molecule has 172 valence electrons. The van der Waals surface area contributed by atoms with Crippen LogP contribution < -0.4 is 5.32 Å². The average Bonchev–Trinajstić information content (AvgIpc) is 3.46. The van der Waals surface area contributed by atoms with Crippen LogP contribution in [0.2, 0.25) is 0 Å². The molecule has 3 atom stereocenters. The van der Waals surface area contributed by atoms with Crippen molar-refractivity contribution >= 4 is 16.7 Å². The van der Waals surface area contributed by atoms with Gasteiger partial charge in [0.1, 0.15) is 5.82 Å². The molecule has 1 amide bonds. The molecular formula is C28H27FN4O. The second-order valence-corrected chi connectivity index (χ2v) is 9.51. The zero-order chi connectivity index (χ0) is 23.1. The number of halogens is 1. The largest absolute Gasteiger partial charge is 0.349 e. The summed E-state index contributed by atoms with van der Waals surface area (Å²) in [6, 6.07) is 20.0. The number of hydrogen-bond donors (Lipinski definition) is 1. The predicted molar refractivity (Wildman–Crippen MR) is 130 cm³/mol. The normalized spacial score (nSPS) is 22.2. The van der Waals surface area contributed by atoms with Crippen molar-refractivity contribution < 1.29 is 9.18 Å². The van der Waals surface area contributed by atoms with Crippen molar-refractivity contribution in [1.82, 2.24) is 19.8 Å². The number of carbonyl (C=O) groups is 1. The molecule has 2 fully saturated rings. The molecule has 2 saturated heterocycles. The van der Waals surface area contributed by atoms with E-state index in [-0.39, 0.29) is 17.8 Å². The molecule has 2 aliphatic rings. The summed E-state index contributed by atoms with van der Waals surface area (Å²) >= 11 is 0. The fourth-order valence-corrected chi connectivity index (χ4v) is 5.78. The van der Waals surface area contributed by atoms with Crippen LogP contribution in [0, 0.1) is 5.82 Å². The molecule has 0 radical (unpaired) electrons. The van der Waals surface area contributed by atoms with E-state index < -0.39 is 0 Å². The highest BCUT2D eigenvalue weighted by Gasteiger charge is 2.41. The Morgan fingerprint density at radius 3 is 2.56 bits per heavy atom. The summed E-state index contributed by atoms with van der Waals surface area (Å²) in [6.07, 6.45) is 9.56. The number of amides is 1. The summed E-state index contributed by atoms with van der Waals surface area (Å²) in [5.74, 6) is -0.223. The first-order chi connectivity index (χ1) is 16.6. The van der Waals surface area contributed by atoms with Crippen LogP contribution in [0.15, 0.2) is 79.4 Å². The van der Waals surface area contributed by atoms with Crippen LogP contribution in [0.5, 0.6) is 0 Å². The Morgan fingerprint density at radius 1 is 1.00 bits per heavy atom. The van der Waals surface area contributed by atoms with E-state index in [2.05, 4.69) is 27.3 Å². The van der Waals surface area contributed by atoms with Gasteiger partial charge in [0, 0.05) is 37.1 Å². The third-order valence-electron chi connectivity index (χ3n) is 7.38. The van der Waals surface area contributed by atoms with E-state index >= 15 is 0 Å². The Morgan fingerprint density at radius 2 is 1.76 bits per heavy atom. The lowest BCUT2D eigenvalue weighted by Gasteiger charge is -2.39. The quantitative estimate of drug-likeness (QED) is 0.457. The van der Waals surface area contributed by atoms with Gasteiger partial charge in [-0.05, 0) is 72.4 Å². The summed E-state index contributed by atoms with van der Waals surface area (Å²) in [5, 5.41) is 5.33. The van der Waals surface area contributed by atoms with Gasteiger partial charge in [0.05, 0.1) is 17.6 Å². The predicted octanol–water partition coefficient (Wildman–Crippen LogP) is 5.09. The van der Waals surface area contributed by atoms with E-state index in [0.29, 0.717) is 17.6 Å². The first kappa shape index (κ1) is 21.1. The van der Waals surface area contributed by atoms with Gasteiger partial charge in [-0.2, -0.15) is 0 Å². The molecule has 0 saturated carbocycles. The standard InChI is InChI=1S/C28H27FN4O/c29-22-8-7-20-13-19(5-6-21(20)14-22)17-33-24-9-10-25(33)16-23(15-24)31-28(34)26-3-1-2-4-27(26)32-12-11-30-18-32/h1-8,11-14,18,23-25H,9-10,15-17H2,(H,31,34)/t23?,24-,25+. The molecule has 0 spiro atoms. The number of benzene rings is 3. The summed E-state index contributed by atoms with van der Waals surface area (Å²) < 4.78 is 15.4. The molecule has 6 rings (SSSR count). The molecule has 2 aliphatic heterocycles. The molecule has 5 nitrogen and oxygen atoms in total. The highest BCUT2D eigenvalue weighted by atomic mass is 19.1. The molecular weight excluding hydrogens is 427 g/mol. The highest BCUT2D eigenvalue weighted by Crippen LogP contribution is 2.37. The van der Waals surface area contributed by atoms with Gasteiger partial charge >= 0.3 is 0 Å². The SMILES string of the molecule is O=C(NC1C[C@H]2CC[C@@H](C1)N2Cc1ccc2cc(F)ccc2c1)c1ccccc1-n1ccnc1. The summed E-state index contributed by atoms with van der Waals surface area (Å²) in [6.45, 7) is 0.896. The van der Waals surface area contributed by atoms with Crippen molar-refractivity contribution in [3.63, 3.8) is 0 Å². The molecule has 0 aliphatic carbocycles. The summed E-state index contributed by atoms with van der Waals surface area (Å²) in [4.78, 5) is 19.9. The lowest BCUT2D eigenvalue weighted by atomic mass is 9.95. The zero-order valence-corrected chi connectivity index (χ0v) is 18.9.